The van der Waals surface area contributed by atoms with Crippen molar-refractivity contribution >= 4 is 11.9 Å². The minimum Gasteiger partial charge on any atom is -0.461 e. The number of fused-ring (bicyclic) bond motifs is 5. The number of carbonyl (C=O) groups is 2. The molecule has 0 aromatic heterocycles. The van der Waals surface area contributed by atoms with Crippen molar-refractivity contribution in [2.75, 3.05) is 7.11 Å². The van der Waals surface area contributed by atoms with E-state index in [1.54, 1.807) is 12.2 Å². The molecule has 0 spiro atoms. The lowest BCUT2D eigenvalue weighted by Gasteiger charge is -2.71. The van der Waals surface area contributed by atoms with Crippen LogP contribution in [0, 0.1) is 50.7 Å². The molecular formula is C31H49NO4. The fourth-order valence-corrected chi connectivity index (χ4v) is 12.0. The summed E-state index contributed by atoms with van der Waals surface area (Å²) in [5.41, 5.74) is 0.00614. The molecule has 0 aromatic rings. The van der Waals surface area contributed by atoms with E-state index >= 15 is 0 Å². The smallest absolute Gasteiger partial charge is 0.312 e. The summed E-state index contributed by atoms with van der Waals surface area (Å²) in [4.78, 5) is 32.3. The van der Waals surface area contributed by atoms with Gasteiger partial charge in [-0.3, -0.25) is 14.4 Å². The van der Waals surface area contributed by atoms with Gasteiger partial charge in [-0.2, -0.15) is 0 Å². The zero-order chi connectivity index (χ0) is 26.1. The summed E-state index contributed by atoms with van der Waals surface area (Å²) in [7, 11) is 1.66. The van der Waals surface area contributed by atoms with E-state index in [0.29, 0.717) is 30.1 Å². The third-order valence-electron chi connectivity index (χ3n) is 14.0. The number of hydroxylamine groups is 2. The molecule has 0 N–H and O–H groups in total. The highest BCUT2D eigenvalue weighted by molar-refractivity contribution is 5.81. The second-order valence-electron chi connectivity index (χ2n) is 15.7. The zero-order valence-electron chi connectivity index (χ0n) is 24.0. The van der Waals surface area contributed by atoms with Crippen LogP contribution in [0.3, 0.4) is 0 Å². The number of ether oxygens (including phenoxy) is 1. The van der Waals surface area contributed by atoms with Gasteiger partial charge >= 0.3 is 5.97 Å². The van der Waals surface area contributed by atoms with Crippen molar-refractivity contribution in [3.05, 3.63) is 0 Å². The second kappa shape index (κ2) is 7.30. The van der Waals surface area contributed by atoms with Crippen LogP contribution in [0.25, 0.3) is 0 Å². The van der Waals surface area contributed by atoms with Crippen LogP contribution in [-0.4, -0.2) is 35.7 Å². The van der Waals surface area contributed by atoms with Gasteiger partial charge in [-0.15, -0.1) is 0 Å². The Hall–Kier alpha value is -1.10. The van der Waals surface area contributed by atoms with Gasteiger partial charge in [-0.25, -0.2) is 5.06 Å². The maximum Gasteiger partial charge on any atom is 0.312 e. The molecule has 6 aliphatic rings. The molecule has 2 saturated heterocycles. The maximum atomic E-state index is 13.4. The third-order valence-corrected chi connectivity index (χ3v) is 14.0. The van der Waals surface area contributed by atoms with Crippen molar-refractivity contribution in [1.82, 2.24) is 5.06 Å². The van der Waals surface area contributed by atoms with Crippen LogP contribution in [0.15, 0.2) is 0 Å². The summed E-state index contributed by atoms with van der Waals surface area (Å²) in [6.45, 7) is 16.8. The Morgan fingerprint density at radius 1 is 0.806 bits per heavy atom. The minimum absolute atomic E-state index is 0.0647. The van der Waals surface area contributed by atoms with Gasteiger partial charge in [0.2, 0.25) is 5.91 Å². The van der Waals surface area contributed by atoms with E-state index in [-0.39, 0.29) is 50.6 Å². The van der Waals surface area contributed by atoms with Gasteiger partial charge in [-0.1, -0.05) is 34.6 Å². The van der Waals surface area contributed by atoms with E-state index in [9.17, 15) is 9.59 Å². The Balaban J connectivity index is 1.41. The molecule has 5 heteroatoms. The van der Waals surface area contributed by atoms with E-state index in [2.05, 4.69) is 48.5 Å². The molecule has 2 bridgehead atoms. The van der Waals surface area contributed by atoms with Gasteiger partial charge in [-0.05, 0) is 106 Å². The van der Waals surface area contributed by atoms with E-state index in [1.165, 1.54) is 19.3 Å². The standard InChI is InChI=1S/C31H49NO4/c1-26(2)15-17-31-18-16-29(6)19(23(31)24(26)36-25(31)34)9-10-21-28(5)13-12-22(33)32(35-8)27(3,4)20(28)11-14-30(21,29)7/h19-21,23-24H,9-18H2,1-8H3/t19-,20+,21-,23+,24-,28+,29-,30-,31+/m1/s1. The molecule has 6 fully saturated rings. The number of rotatable bonds is 1. The molecule has 5 nitrogen and oxygen atoms in total. The summed E-state index contributed by atoms with van der Waals surface area (Å²) in [5.74, 6) is 2.16. The molecule has 2 aliphatic heterocycles. The molecule has 1 amide bonds. The van der Waals surface area contributed by atoms with Crippen LogP contribution in [0.4, 0.5) is 0 Å². The largest absolute Gasteiger partial charge is 0.461 e. The van der Waals surface area contributed by atoms with Crippen LogP contribution < -0.4 is 0 Å². The van der Waals surface area contributed by atoms with E-state index in [0.717, 1.165) is 38.5 Å². The first-order valence-electron chi connectivity index (χ1n) is 14.8. The Morgan fingerprint density at radius 3 is 2.19 bits per heavy atom. The van der Waals surface area contributed by atoms with Crippen LogP contribution >= 0.6 is 0 Å². The fraction of sp³-hybridized carbons (Fsp3) is 0.935. The number of amides is 1. The topological polar surface area (TPSA) is 55.8 Å². The third kappa shape index (κ3) is 2.72. The molecule has 6 rings (SSSR count). The molecule has 4 saturated carbocycles. The first-order chi connectivity index (χ1) is 16.7. The molecule has 0 radical (unpaired) electrons. The van der Waals surface area contributed by atoms with E-state index < -0.39 is 0 Å². The molecule has 0 unspecified atom stereocenters. The monoisotopic (exact) mass is 499 g/mol. The maximum absolute atomic E-state index is 13.4. The van der Waals surface area contributed by atoms with Gasteiger partial charge < -0.3 is 4.74 Å². The predicted octanol–water partition coefficient (Wildman–Crippen LogP) is 6.55. The lowest BCUT2D eigenvalue weighted by atomic mass is 9.32. The number of hydrogen-bond acceptors (Lipinski definition) is 4. The van der Waals surface area contributed by atoms with Crippen molar-refractivity contribution < 1.29 is 19.2 Å². The Bertz CT molecular complexity index is 989. The van der Waals surface area contributed by atoms with Crippen molar-refractivity contribution in [3.8, 4) is 0 Å². The van der Waals surface area contributed by atoms with Gasteiger partial charge in [0.15, 0.2) is 0 Å². The molecular weight excluding hydrogens is 450 g/mol. The highest BCUT2D eigenvalue weighted by Crippen LogP contribution is 2.77. The zero-order valence-corrected chi connectivity index (χ0v) is 24.0. The van der Waals surface area contributed by atoms with Crippen LogP contribution in [0.1, 0.15) is 113 Å². The van der Waals surface area contributed by atoms with E-state index in [1.807, 2.05) is 0 Å². The lowest BCUT2D eigenvalue weighted by Crippen LogP contribution is -2.67. The molecule has 0 aromatic carbocycles. The quantitative estimate of drug-likeness (QED) is 0.384. The van der Waals surface area contributed by atoms with Gasteiger partial charge in [0.25, 0.3) is 0 Å². The van der Waals surface area contributed by atoms with Crippen molar-refractivity contribution in [3.63, 3.8) is 0 Å². The number of esters is 1. The normalized spacial score (nSPS) is 52.9. The minimum atomic E-state index is -0.320. The first kappa shape index (κ1) is 25.2. The van der Waals surface area contributed by atoms with Gasteiger partial charge in [0.05, 0.1) is 18.1 Å². The SMILES string of the molecule is CON1C(=O)CC[C@]2(C)[C@H]3CC[C@@H]4[C@H]5[C@H]6OC(=O)[C@@]5(CCC6(C)C)CC[C@@]4(C)[C@]3(C)CC[C@H]2C1(C)C. The fourth-order valence-electron chi connectivity index (χ4n) is 12.0. The summed E-state index contributed by atoms with van der Waals surface area (Å²) < 4.78 is 6.29. The molecule has 202 valence electrons. The molecule has 36 heavy (non-hydrogen) atoms. The average Bonchev–Trinajstić information content (AvgIpc) is 3.01. The number of carbonyl (C=O) groups excluding carboxylic acids is 2. The van der Waals surface area contributed by atoms with Gasteiger partial charge in [0.1, 0.15) is 6.10 Å². The number of hydrogen-bond donors (Lipinski definition) is 0. The highest BCUT2D eigenvalue weighted by atomic mass is 16.7. The molecule has 2 heterocycles. The summed E-state index contributed by atoms with van der Waals surface area (Å²) >= 11 is 0. The molecule has 9 atom stereocenters. The summed E-state index contributed by atoms with van der Waals surface area (Å²) in [6.07, 6.45) is 10.6. The molecule has 4 aliphatic carbocycles. The predicted molar refractivity (Wildman–Crippen MR) is 138 cm³/mol. The Labute approximate surface area is 218 Å². The lowest BCUT2D eigenvalue weighted by molar-refractivity contribution is -0.252. The van der Waals surface area contributed by atoms with Crippen molar-refractivity contribution in [2.24, 2.45) is 50.7 Å². The van der Waals surface area contributed by atoms with Gasteiger partial charge in [0, 0.05) is 17.8 Å². The summed E-state index contributed by atoms with van der Waals surface area (Å²) in [5, 5.41) is 1.70. The Kier molecular flexibility index (Phi) is 5.11. The van der Waals surface area contributed by atoms with Crippen molar-refractivity contribution in [1.29, 1.82) is 0 Å². The van der Waals surface area contributed by atoms with Crippen molar-refractivity contribution in [2.45, 2.75) is 124 Å². The second-order valence-corrected chi connectivity index (χ2v) is 15.7. The summed E-state index contributed by atoms with van der Waals surface area (Å²) in [6, 6.07) is 0. The van der Waals surface area contributed by atoms with E-state index in [4.69, 9.17) is 9.57 Å². The van der Waals surface area contributed by atoms with Crippen LogP contribution in [0.5, 0.6) is 0 Å². The van der Waals surface area contributed by atoms with Crippen LogP contribution in [0.2, 0.25) is 0 Å². The average molecular weight is 500 g/mol. The number of nitrogens with zero attached hydrogens (tertiary/aromatic N) is 1. The highest BCUT2D eigenvalue weighted by Gasteiger charge is 2.75. The van der Waals surface area contributed by atoms with Crippen LogP contribution in [-0.2, 0) is 19.2 Å². The Morgan fingerprint density at radius 2 is 1.50 bits per heavy atom. The first-order valence-corrected chi connectivity index (χ1v) is 14.8.